The minimum atomic E-state index is -0.563. The number of aromatic amines is 1. The number of para-hydroxylation sites is 1. The molecule has 0 radical (unpaired) electrons. The number of esters is 1. The van der Waals surface area contributed by atoms with E-state index in [1.165, 1.54) is 7.11 Å². The van der Waals surface area contributed by atoms with Crippen molar-refractivity contribution in [2.45, 2.75) is 0 Å². The molecule has 0 saturated carbocycles. The SMILES string of the molecule is COCC(=O)OCC(=O)c1c(-c2ccccc2)[nH]c2ccccc12. The molecule has 0 amide bonds. The van der Waals surface area contributed by atoms with Crippen molar-refractivity contribution in [3.8, 4) is 11.3 Å². The highest BCUT2D eigenvalue weighted by molar-refractivity contribution is 6.14. The second-order valence-electron chi connectivity index (χ2n) is 5.30. The van der Waals surface area contributed by atoms with Crippen molar-refractivity contribution >= 4 is 22.7 Å². The van der Waals surface area contributed by atoms with Crippen LogP contribution < -0.4 is 0 Å². The van der Waals surface area contributed by atoms with Gasteiger partial charge in [-0.3, -0.25) is 4.79 Å². The van der Waals surface area contributed by atoms with E-state index in [9.17, 15) is 9.59 Å². The molecule has 1 heterocycles. The van der Waals surface area contributed by atoms with E-state index in [1.54, 1.807) is 0 Å². The van der Waals surface area contributed by atoms with Gasteiger partial charge in [-0.1, -0.05) is 48.5 Å². The standard InChI is InChI=1S/C19H17NO4/c1-23-12-17(22)24-11-16(21)18-14-9-5-6-10-15(14)20-19(18)13-7-3-2-4-8-13/h2-10,20H,11-12H2,1H3. The number of ether oxygens (including phenoxy) is 2. The second kappa shape index (κ2) is 7.10. The van der Waals surface area contributed by atoms with Gasteiger partial charge < -0.3 is 14.5 Å². The Kier molecular flexibility index (Phi) is 4.72. The molecule has 3 rings (SSSR count). The van der Waals surface area contributed by atoms with Gasteiger partial charge in [0.25, 0.3) is 0 Å². The predicted octanol–water partition coefficient (Wildman–Crippen LogP) is 3.21. The molecular weight excluding hydrogens is 306 g/mol. The molecule has 3 aromatic rings. The van der Waals surface area contributed by atoms with Gasteiger partial charge in [0.15, 0.2) is 6.61 Å². The lowest BCUT2D eigenvalue weighted by Gasteiger charge is -2.06. The van der Waals surface area contributed by atoms with E-state index in [0.717, 1.165) is 22.2 Å². The first-order valence-corrected chi connectivity index (χ1v) is 7.54. The number of methoxy groups -OCH3 is 1. The van der Waals surface area contributed by atoms with Crippen molar-refractivity contribution in [1.82, 2.24) is 4.98 Å². The van der Waals surface area contributed by atoms with Crippen LogP contribution in [0.2, 0.25) is 0 Å². The van der Waals surface area contributed by atoms with Crippen LogP contribution in [0.25, 0.3) is 22.2 Å². The van der Waals surface area contributed by atoms with Crippen molar-refractivity contribution in [2.24, 2.45) is 0 Å². The number of ketones is 1. The van der Waals surface area contributed by atoms with Crippen LogP contribution >= 0.6 is 0 Å². The van der Waals surface area contributed by atoms with Crippen LogP contribution in [0.3, 0.4) is 0 Å². The molecule has 1 N–H and O–H groups in total. The van der Waals surface area contributed by atoms with Gasteiger partial charge in [0.05, 0.1) is 11.3 Å². The summed E-state index contributed by atoms with van der Waals surface area (Å²) in [5, 5.41) is 0.809. The molecule has 2 aromatic carbocycles. The summed E-state index contributed by atoms with van der Waals surface area (Å²) in [6.07, 6.45) is 0. The fourth-order valence-electron chi connectivity index (χ4n) is 2.63. The number of benzene rings is 2. The number of hydrogen-bond acceptors (Lipinski definition) is 4. The third kappa shape index (κ3) is 3.21. The van der Waals surface area contributed by atoms with Gasteiger partial charge >= 0.3 is 5.97 Å². The summed E-state index contributed by atoms with van der Waals surface area (Å²) >= 11 is 0. The van der Waals surface area contributed by atoms with Crippen molar-refractivity contribution in [3.05, 3.63) is 60.2 Å². The number of rotatable bonds is 6. The zero-order chi connectivity index (χ0) is 16.9. The number of carbonyl (C=O) groups excluding carboxylic acids is 2. The topological polar surface area (TPSA) is 68.4 Å². The Morgan fingerprint density at radius 2 is 1.67 bits per heavy atom. The van der Waals surface area contributed by atoms with Crippen LogP contribution in [-0.2, 0) is 14.3 Å². The van der Waals surface area contributed by atoms with Crippen LogP contribution in [0.4, 0.5) is 0 Å². The zero-order valence-corrected chi connectivity index (χ0v) is 13.2. The Balaban J connectivity index is 1.99. The van der Waals surface area contributed by atoms with Gasteiger partial charge in [-0.15, -0.1) is 0 Å². The van der Waals surface area contributed by atoms with Crippen LogP contribution in [0.5, 0.6) is 0 Å². The monoisotopic (exact) mass is 323 g/mol. The molecule has 0 aliphatic rings. The average Bonchev–Trinajstić information content (AvgIpc) is 3.00. The highest BCUT2D eigenvalue weighted by Gasteiger charge is 2.20. The van der Waals surface area contributed by atoms with Gasteiger partial charge in [0.1, 0.15) is 6.61 Å². The lowest BCUT2D eigenvalue weighted by atomic mass is 10.0. The summed E-state index contributed by atoms with van der Waals surface area (Å²) in [7, 11) is 1.40. The first-order chi connectivity index (χ1) is 11.7. The largest absolute Gasteiger partial charge is 0.456 e. The zero-order valence-electron chi connectivity index (χ0n) is 13.2. The molecular formula is C19H17NO4. The van der Waals surface area contributed by atoms with Crippen LogP contribution in [-0.4, -0.2) is 37.1 Å². The van der Waals surface area contributed by atoms with Gasteiger partial charge in [0.2, 0.25) is 5.78 Å². The highest BCUT2D eigenvalue weighted by atomic mass is 16.6. The Morgan fingerprint density at radius 1 is 0.958 bits per heavy atom. The molecule has 24 heavy (non-hydrogen) atoms. The lowest BCUT2D eigenvalue weighted by Crippen LogP contribution is -2.17. The molecule has 122 valence electrons. The average molecular weight is 323 g/mol. The Morgan fingerprint density at radius 3 is 2.42 bits per heavy atom. The van der Waals surface area contributed by atoms with Gasteiger partial charge in [0, 0.05) is 18.0 Å². The smallest absolute Gasteiger partial charge is 0.332 e. The summed E-state index contributed by atoms with van der Waals surface area (Å²) in [4.78, 5) is 27.4. The van der Waals surface area contributed by atoms with E-state index in [-0.39, 0.29) is 19.0 Å². The fourth-order valence-corrected chi connectivity index (χ4v) is 2.63. The number of carbonyl (C=O) groups is 2. The second-order valence-corrected chi connectivity index (χ2v) is 5.30. The van der Waals surface area contributed by atoms with Crippen molar-refractivity contribution in [1.29, 1.82) is 0 Å². The molecule has 0 bridgehead atoms. The highest BCUT2D eigenvalue weighted by Crippen LogP contribution is 2.30. The van der Waals surface area contributed by atoms with E-state index < -0.39 is 5.97 Å². The quantitative estimate of drug-likeness (QED) is 0.559. The summed E-state index contributed by atoms with van der Waals surface area (Å²) in [6, 6.07) is 17.2. The number of nitrogens with one attached hydrogen (secondary N) is 1. The number of hydrogen-bond donors (Lipinski definition) is 1. The normalized spacial score (nSPS) is 10.7. The van der Waals surface area contributed by atoms with Gasteiger partial charge in [-0.2, -0.15) is 0 Å². The third-order valence-electron chi connectivity index (χ3n) is 3.67. The molecule has 0 aliphatic heterocycles. The fraction of sp³-hybridized carbons (Fsp3) is 0.158. The summed E-state index contributed by atoms with van der Waals surface area (Å²) < 4.78 is 9.68. The van der Waals surface area contributed by atoms with E-state index >= 15 is 0 Å². The van der Waals surface area contributed by atoms with E-state index in [1.807, 2.05) is 54.6 Å². The maximum atomic E-state index is 12.7. The van der Waals surface area contributed by atoms with Crippen molar-refractivity contribution < 1.29 is 19.1 Å². The van der Waals surface area contributed by atoms with Crippen LogP contribution in [0.15, 0.2) is 54.6 Å². The summed E-state index contributed by atoms with van der Waals surface area (Å²) in [5.41, 5.74) is 3.02. The van der Waals surface area contributed by atoms with E-state index in [0.29, 0.717) is 5.56 Å². The van der Waals surface area contributed by atoms with Crippen molar-refractivity contribution in [3.63, 3.8) is 0 Å². The molecule has 0 spiro atoms. The first kappa shape index (κ1) is 16.0. The molecule has 5 nitrogen and oxygen atoms in total. The molecule has 0 fully saturated rings. The number of fused-ring (bicyclic) bond motifs is 1. The van der Waals surface area contributed by atoms with E-state index in [2.05, 4.69) is 4.98 Å². The molecule has 0 saturated heterocycles. The predicted molar refractivity (Wildman–Crippen MR) is 90.9 cm³/mol. The van der Waals surface area contributed by atoms with Crippen LogP contribution in [0, 0.1) is 0 Å². The molecule has 5 heteroatoms. The van der Waals surface area contributed by atoms with E-state index in [4.69, 9.17) is 9.47 Å². The minimum absolute atomic E-state index is 0.174. The van der Waals surface area contributed by atoms with Crippen LogP contribution in [0.1, 0.15) is 10.4 Å². The minimum Gasteiger partial charge on any atom is -0.456 e. The molecule has 0 aliphatic carbocycles. The molecule has 0 atom stereocenters. The number of H-pyrrole nitrogens is 1. The lowest BCUT2D eigenvalue weighted by molar-refractivity contribution is -0.146. The van der Waals surface area contributed by atoms with Gasteiger partial charge in [-0.05, 0) is 11.6 Å². The Hall–Kier alpha value is -2.92. The molecule has 0 unspecified atom stereocenters. The third-order valence-corrected chi connectivity index (χ3v) is 3.67. The van der Waals surface area contributed by atoms with Crippen molar-refractivity contribution in [2.75, 3.05) is 20.3 Å². The number of aromatic nitrogens is 1. The Labute approximate surface area is 139 Å². The van der Waals surface area contributed by atoms with Gasteiger partial charge in [-0.25, -0.2) is 4.79 Å². The Bertz CT molecular complexity index is 867. The number of Topliss-reactive ketones (excluding diaryl/α,β-unsaturated/α-hetero) is 1. The molecule has 1 aromatic heterocycles. The maximum Gasteiger partial charge on any atom is 0.332 e. The summed E-state index contributed by atoms with van der Waals surface area (Å²) in [5.74, 6) is -0.817. The first-order valence-electron chi connectivity index (χ1n) is 7.54. The summed E-state index contributed by atoms with van der Waals surface area (Å²) in [6.45, 7) is -0.490. The maximum absolute atomic E-state index is 12.7.